The van der Waals surface area contributed by atoms with Crippen molar-refractivity contribution in [3.05, 3.63) is 24.3 Å². The van der Waals surface area contributed by atoms with E-state index in [4.69, 9.17) is 0 Å². The van der Waals surface area contributed by atoms with Crippen molar-refractivity contribution in [1.29, 1.82) is 0 Å². The van der Waals surface area contributed by atoms with Crippen LogP contribution in [0.3, 0.4) is 0 Å². The quantitative estimate of drug-likeness (QED) is 0.812. The molecule has 2 saturated heterocycles. The van der Waals surface area contributed by atoms with Gasteiger partial charge in [-0.25, -0.2) is 4.79 Å². The van der Waals surface area contributed by atoms with Crippen molar-refractivity contribution in [2.24, 2.45) is 0 Å². The van der Waals surface area contributed by atoms with Crippen molar-refractivity contribution in [3.63, 3.8) is 0 Å². The molecular formula is C20H28F3N3O2. The minimum absolute atomic E-state index is 0.0361. The Morgan fingerprint density at radius 3 is 2.07 bits per heavy atom. The molecule has 5 nitrogen and oxygen atoms in total. The van der Waals surface area contributed by atoms with Crippen molar-refractivity contribution < 1.29 is 22.7 Å². The summed E-state index contributed by atoms with van der Waals surface area (Å²) in [7, 11) is 0. The van der Waals surface area contributed by atoms with Crippen LogP contribution in [0.15, 0.2) is 24.3 Å². The van der Waals surface area contributed by atoms with E-state index < -0.39 is 6.36 Å². The Hall–Kier alpha value is -2.12. The molecule has 0 bridgehead atoms. The Morgan fingerprint density at radius 2 is 1.50 bits per heavy atom. The molecule has 8 heteroatoms. The maximum absolute atomic E-state index is 12.5. The molecule has 0 aliphatic carbocycles. The topological polar surface area (TPSA) is 44.8 Å². The van der Waals surface area contributed by atoms with Crippen molar-refractivity contribution in [2.45, 2.75) is 57.3 Å². The lowest BCUT2D eigenvalue weighted by Gasteiger charge is -2.35. The summed E-state index contributed by atoms with van der Waals surface area (Å²) in [6.07, 6.45) is 2.74. The first-order chi connectivity index (χ1) is 13.4. The highest BCUT2D eigenvalue weighted by molar-refractivity contribution is 5.74. The number of ether oxygens (including phenoxy) is 1. The van der Waals surface area contributed by atoms with E-state index in [2.05, 4.69) is 15.0 Å². The number of halogens is 3. The third-order valence-corrected chi connectivity index (χ3v) is 5.40. The van der Waals surface area contributed by atoms with Gasteiger partial charge in [-0.1, -0.05) is 19.3 Å². The van der Waals surface area contributed by atoms with Crippen LogP contribution in [0.1, 0.15) is 44.9 Å². The van der Waals surface area contributed by atoms with E-state index in [0.717, 1.165) is 57.5 Å². The van der Waals surface area contributed by atoms with Gasteiger partial charge in [-0.3, -0.25) is 0 Å². The summed E-state index contributed by atoms with van der Waals surface area (Å²) in [5, 5.41) is 3.16. The average molecular weight is 399 g/mol. The monoisotopic (exact) mass is 399 g/mol. The van der Waals surface area contributed by atoms with Gasteiger partial charge in [0.25, 0.3) is 0 Å². The fourth-order valence-corrected chi connectivity index (χ4v) is 3.86. The molecule has 0 saturated carbocycles. The number of carbonyl (C=O) groups excluding carboxylic acids is 1. The zero-order valence-corrected chi connectivity index (χ0v) is 16.0. The number of carbonyl (C=O) groups is 1. The van der Waals surface area contributed by atoms with Gasteiger partial charge in [0.2, 0.25) is 0 Å². The Kier molecular flexibility index (Phi) is 6.91. The van der Waals surface area contributed by atoms with Crippen molar-refractivity contribution >= 4 is 11.7 Å². The molecule has 2 aliphatic heterocycles. The SMILES string of the molecule is O=C(NC1CCN(c2ccc(OC(F)(F)F)cc2)CC1)N1CCCCCCC1. The number of hydrogen-bond acceptors (Lipinski definition) is 3. The molecule has 1 aromatic rings. The Labute approximate surface area is 163 Å². The molecule has 0 atom stereocenters. The maximum atomic E-state index is 12.5. The lowest BCUT2D eigenvalue weighted by molar-refractivity contribution is -0.274. The summed E-state index contributed by atoms with van der Waals surface area (Å²) in [5.74, 6) is -0.216. The number of hydrogen-bond donors (Lipinski definition) is 1. The third-order valence-electron chi connectivity index (χ3n) is 5.40. The fraction of sp³-hybridized carbons (Fsp3) is 0.650. The van der Waals surface area contributed by atoms with Crippen molar-refractivity contribution in [1.82, 2.24) is 10.2 Å². The first kappa shape index (κ1) is 20.6. The summed E-state index contributed by atoms with van der Waals surface area (Å²) >= 11 is 0. The highest BCUT2D eigenvalue weighted by Crippen LogP contribution is 2.27. The van der Waals surface area contributed by atoms with E-state index in [9.17, 15) is 18.0 Å². The van der Waals surface area contributed by atoms with Gasteiger partial charge in [0, 0.05) is 37.9 Å². The van der Waals surface area contributed by atoms with E-state index in [1.165, 1.54) is 31.4 Å². The number of anilines is 1. The molecule has 1 aromatic carbocycles. The van der Waals surface area contributed by atoms with Gasteiger partial charge >= 0.3 is 12.4 Å². The second kappa shape index (κ2) is 9.39. The molecule has 2 fully saturated rings. The van der Waals surface area contributed by atoms with E-state index in [-0.39, 0.29) is 17.8 Å². The van der Waals surface area contributed by atoms with Gasteiger partial charge in [-0.05, 0) is 49.9 Å². The van der Waals surface area contributed by atoms with Crippen LogP contribution in [0.2, 0.25) is 0 Å². The smallest absolute Gasteiger partial charge is 0.406 e. The number of benzene rings is 1. The summed E-state index contributed by atoms with van der Waals surface area (Å²) < 4.78 is 40.7. The van der Waals surface area contributed by atoms with Crippen molar-refractivity contribution in [3.8, 4) is 5.75 Å². The first-order valence-electron chi connectivity index (χ1n) is 10.1. The minimum atomic E-state index is -4.68. The summed E-state index contributed by atoms with van der Waals surface area (Å²) in [6, 6.07) is 6.12. The molecule has 28 heavy (non-hydrogen) atoms. The van der Waals surface area contributed by atoms with E-state index in [1.54, 1.807) is 12.1 Å². The van der Waals surface area contributed by atoms with E-state index >= 15 is 0 Å². The zero-order chi connectivity index (χ0) is 20.0. The van der Waals surface area contributed by atoms with Crippen LogP contribution in [0.5, 0.6) is 5.75 Å². The summed E-state index contributed by atoms with van der Waals surface area (Å²) in [4.78, 5) is 16.6. The molecule has 2 aliphatic rings. The van der Waals surface area contributed by atoms with Gasteiger partial charge in [0.05, 0.1) is 0 Å². The summed E-state index contributed by atoms with van der Waals surface area (Å²) in [6.45, 7) is 3.17. The van der Waals surface area contributed by atoms with Gasteiger partial charge in [0.1, 0.15) is 5.75 Å². The van der Waals surface area contributed by atoms with Crippen molar-refractivity contribution in [2.75, 3.05) is 31.1 Å². The van der Waals surface area contributed by atoms with Crippen LogP contribution in [0.4, 0.5) is 23.7 Å². The third kappa shape index (κ3) is 6.21. The number of nitrogens with one attached hydrogen (secondary N) is 1. The molecule has 0 unspecified atom stereocenters. The molecule has 2 heterocycles. The number of rotatable bonds is 3. The van der Waals surface area contributed by atoms with Gasteiger partial charge in [0.15, 0.2) is 0 Å². The number of nitrogens with zero attached hydrogens (tertiary/aromatic N) is 2. The van der Waals surface area contributed by atoms with E-state index in [1.807, 2.05) is 4.90 Å². The number of urea groups is 1. The standard InChI is InChI=1S/C20H28F3N3O2/c21-20(22,23)28-18-8-6-17(7-9-18)25-14-10-16(11-15-25)24-19(27)26-12-4-2-1-3-5-13-26/h6-9,16H,1-5,10-15H2,(H,24,27). The lowest BCUT2D eigenvalue weighted by atomic mass is 10.0. The highest BCUT2D eigenvalue weighted by Gasteiger charge is 2.31. The summed E-state index contributed by atoms with van der Waals surface area (Å²) in [5.41, 5.74) is 0.864. The predicted molar refractivity (Wildman–Crippen MR) is 102 cm³/mol. The molecule has 3 rings (SSSR count). The highest BCUT2D eigenvalue weighted by atomic mass is 19.4. The second-order valence-electron chi connectivity index (χ2n) is 7.51. The molecular weight excluding hydrogens is 371 g/mol. The Bertz CT molecular complexity index is 621. The second-order valence-corrected chi connectivity index (χ2v) is 7.51. The molecule has 0 aromatic heterocycles. The molecule has 0 radical (unpaired) electrons. The first-order valence-corrected chi connectivity index (χ1v) is 10.1. The number of piperidine rings is 1. The van der Waals surface area contributed by atoms with Crippen LogP contribution >= 0.6 is 0 Å². The Balaban J connectivity index is 1.45. The van der Waals surface area contributed by atoms with Crippen LogP contribution in [-0.2, 0) is 0 Å². The molecule has 0 spiro atoms. The number of likely N-dealkylation sites (tertiary alicyclic amines) is 1. The van der Waals surface area contributed by atoms with Crippen LogP contribution in [0.25, 0.3) is 0 Å². The maximum Gasteiger partial charge on any atom is 0.573 e. The molecule has 2 amide bonds. The van der Waals surface area contributed by atoms with Gasteiger partial charge in [-0.2, -0.15) is 0 Å². The zero-order valence-electron chi connectivity index (χ0n) is 16.0. The van der Waals surface area contributed by atoms with E-state index in [0.29, 0.717) is 0 Å². The lowest BCUT2D eigenvalue weighted by Crippen LogP contribution is -2.49. The molecule has 1 N–H and O–H groups in total. The largest absolute Gasteiger partial charge is 0.573 e. The van der Waals surface area contributed by atoms with Gasteiger partial charge in [-0.15, -0.1) is 13.2 Å². The normalized spacial score (nSPS) is 19.7. The fourth-order valence-electron chi connectivity index (χ4n) is 3.86. The van der Waals surface area contributed by atoms with Gasteiger partial charge < -0.3 is 19.9 Å². The van der Waals surface area contributed by atoms with Crippen LogP contribution < -0.4 is 15.0 Å². The number of alkyl halides is 3. The van der Waals surface area contributed by atoms with Crippen LogP contribution in [0, 0.1) is 0 Å². The average Bonchev–Trinajstić information content (AvgIpc) is 2.61. The minimum Gasteiger partial charge on any atom is -0.406 e. The number of amides is 2. The van der Waals surface area contributed by atoms with Crippen LogP contribution in [-0.4, -0.2) is 49.5 Å². The molecule has 156 valence electrons. The predicted octanol–water partition coefficient (Wildman–Crippen LogP) is 4.53. The Morgan fingerprint density at radius 1 is 0.929 bits per heavy atom.